The van der Waals surface area contributed by atoms with Gasteiger partial charge < -0.3 is 21.5 Å². The predicted molar refractivity (Wildman–Crippen MR) is 75.9 cm³/mol. The van der Waals surface area contributed by atoms with Gasteiger partial charge in [-0.25, -0.2) is 0 Å². The Morgan fingerprint density at radius 1 is 0.778 bits per heavy atom. The second-order valence-corrected chi connectivity index (χ2v) is 5.16. The van der Waals surface area contributed by atoms with Crippen molar-refractivity contribution in [1.82, 2.24) is 0 Å². The summed E-state index contributed by atoms with van der Waals surface area (Å²) < 4.78 is 1.27. The highest BCUT2D eigenvalue weighted by Crippen LogP contribution is 2.17. The molecule has 1 aromatic carbocycles. The number of nitrogens with zero attached hydrogens (tertiary/aromatic N) is 1. The van der Waals surface area contributed by atoms with Crippen LogP contribution in [0.25, 0.3) is 0 Å². The molecule has 1 rings (SSSR count). The molecule has 1 aromatic rings. The van der Waals surface area contributed by atoms with Gasteiger partial charge in [0.1, 0.15) is 6.54 Å². The molecule has 0 unspecified atom stereocenters. The molecule has 0 aliphatic heterocycles. The molecule has 0 N–H and O–H groups in total. The van der Waals surface area contributed by atoms with Gasteiger partial charge in [0.15, 0.2) is 0 Å². The van der Waals surface area contributed by atoms with Crippen LogP contribution in [0.5, 0.6) is 0 Å². The molecule has 0 aliphatic carbocycles. The zero-order valence-corrected chi connectivity index (χ0v) is 13.7. The Hall–Kier alpha value is -0.340. The Kier molecular flexibility index (Phi) is 9.39. The maximum absolute atomic E-state index is 2.31. The Bertz CT molecular complexity index is 280. The van der Waals surface area contributed by atoms with Crippen molar-refractivity contribution in [2.45, 2.75) is 46.6 Å². The van der Waals surface area contributed by atoms with Gasteiger partial charge in [-0.3, -0.25) is 0 Å². The molecule has 18 heavy (non-hydrogen) atoms. The second-order valence-electron chi connectivity index (χ2n) is 5.16. The minimum Gasteiger partial charge on any atom is -1.00 e. The first kappa shape index (κ1) is 17.7. The smallest absolute Gasteiger partial charge is 0.104 e. The lowest BCUT2D eigenvalue weighted by Crippen LogP contribution is -3.00. The van der Waals surface area contributed by atoms with Crippen LogP contribution in [-0.4, -0.2) is 24.1 Å². The van der Waals surface area contributed by atoms with Crippen molar-refractivity contribution in [1.29, 1.82) is 0 Å². The molecule has 0 atom stereocenters. The topological polar surface area (TPSA) is 0 Å². The SMILES string of the molecule is CCC[N+](CCC)(CCC)Cc1ccccc1.[Br-]. The van der Waals surface area contributed by atoms with Gasteiger partial charge in [0, 0.05) is 5.56 Å². The zero-order valence-electron chi connectivity index (χ0n) is 12.2. The van der Waals surface area contributed by atoms with E-state index < -0.39 is 0 Å². The molecule has 0 amide bonds. The molecular weight excluding hydrogens is 286 g/mol. The van der Waals surface area contributed by atoms with E-state index in [2.05, 4.69) is 51.1 Å². The van der Waals surface area contributed by atoms with Crippen molar-refractivity contribution in [2.24, 2.45) is 0 Å². The molecule has 0 fully saturated rings. The lowest BCUT2D eigenvalue weighted by atomic mass is 10.1. The summed E-state index contributed by atoms with van der Waals surface area (Å²) in [5.41, 5.74) is 1.49. The summed E-state index contributed by atoms with van der Waals surface area (Å²) >= 11 is 0. The van der Waals surface area contributed by atoms with Gasteiger partial charge in [0.2, 0.25) is 0 Å². The number of hydrogen-bond donors (Lipinski definition) is 0. The van der Waals surface area contributed by atoms with E-state index in [1.54, 1.807) is 0 Å². The standard InChI is InChI=1S/C16H28N.BrH/c1-4-12-17(13-5-2,14-6-3)15-16-10-8-7-9-11-16;/h7-11H,4-6,12-15H2,1-3H3;1H/q+1;/p-1. The van der Waals surface area contributed by atoms with Gasteiger partial charge in [-0.15, -0.1) is 0 Å². The van der Waals surface area contributed by atoms with E-state index in [-0.39, 0.29) is 17.0 Å². The Morgan fingerprint density at radius 2 is 1.22 bits per heavy atom. The summed E-state index contributed by atoms with van der Waals surface area (Å²) in [6.07, 6.45) is 3.85. The Morgan fingerprint density at radius 3 is 1.61 bits per heavy atom. The maximum atomic E-state index is 2.31. The van der Waals surface area contributed by atoms with E-state index in [0.29, 0.717) is 0 Å². The summed E-state index contributed by atoms with van der Waals surface area (Å²) in [6.45, 7) is 12.1. The molecule has 0 saturated carbocycles. The maximum Gasteiger partial charge on any atom is 0.104 e. The van der Waals surface area contributed by atoms with Crippen LogP contribution in [0.2, 0.25) is 0 Å². The Balaban J connectivity index is 0.00000289. The molecule has 2 heteroatoms. The molecular formula is C16H28BrN. The van der Waals surface area contributed by atoms with E-state index in [0.717, 1.165) is 0 Å². The number of rotatable bonds is 8. The van der Waals surface area contributed by atoms with Crippen molar-refractivity contribution in [3.8, 4) is 0 Å². The van der Waals surface area contributed by atoms with Crippen LogP contribution in [0.3, 0.4) is 0 Å². The summed E-state index contributed by atoms with van der Waals surface area (Å²) in [6, 6.07) is 11.0. The third kappa shape index (κ3) is 5.53. The van der Waals surface area contributed by atoms with Crippen LogP contribution in [0.4, 0.5) is 0 Å². The van der Waals surface area contributed by atoms with Crippen LogP contribution in [0, 0.1) is 0 Å². The largest absolute Gasteiger partial charge is 1.00 e. The summed E-state index contributed by atoms with van der Waals surface area (Å²) in [7, 11) is 0. The minimum atomic E-state index is 0. The van der Waals surface area contributed by atoms with Gasteiger partial charge in [-0.1, -0.05) is 51.1 Å². The van der Waals surface area contributed by atoms with Crippen LogP contribution in [0.15, 0.2) is 30.3 Å². The van der Waals surface area contributed by atoms with Crippen LogP contribution >= 0.6 is 0 Å². The Labute approximate surface area is 124 Å². The molecule has 0 radical (unpaired) electrons. The van der Waals surface area contributed by atoms with Crippen LogP contribution in [-0.2, 0) is 6.54 Å². The minimum absolute atomic E-state index is 0. The normalized spacial score (nSPS) is 11.1. The van der Waals surface area contributed by atoms with E-state index in [4.69, 9.17) is 0 Å². The molecule has 0 bridgehead atoms. The molecule has 0 aromatic heterocycles. The lowest BCUT2D eigenvalue weighted by molar-refractivity contribution is -0.941. The van der Waals surface area contributed by atoms with Gasteiger partial charge in [-0.05, 0) is 19.3 Å². The summed E-state index contributed by atoms with van der Waals surface area (Å²) in [4.78, 5) is 0. The van der Waals surface area contributed by atoms with E-state index in [9.17, 15) is 0 Å². The fourth-order valence-electron chi connectivity index (χ4n) is 2.97. The van der Waals surface area contributed by atoms with E-state index in [1.807, 2.05) is 0 Å². The molecule has 0 saturated heterocycles. The molecule has 0 spiro atoms. The molecule has 0 heterocycles. The van der Waals surface area contributed by atoms with Gasteiger partial charge in [0.05, 0.1) is 19.6 Å². The number of quaternary nitrogens is 1. The fourth-order valence-corrected chi connectivity index (χ4v) is 2.97. The first-order valence-electron chi connectivity index (χ1n) is 7.15. The van der Waals surface area contributed by atoms with Crippen molar-refractivity contribution < 1.29 is 21.5 Å². The third-order valence-corrected chi connectivity index (χ3v) is 3.45. The van der Waals surface area contributed by atoms with Gasteiger partial charge in [0.25, 0.3) is 0 Å². The number of hydrogen-bond acceptors (Lipinski definition) is 0. The van der Waals surface area contributed by atoms with Crippen molar-refractivity contribution in [3.05, 3.63) is 35.9 Å². The summed E-state index contributed by atoms with van der Waals surface area (Å²) in [5.74, 6) is 0. The van der Waals surface area contributed by atoms with Gasteiger partial charge in [-0.2, -0.15) is 0 Å². The highest BCUT2D eigenvalue weighted by Gasteiger charge is 2.24. The predicted octanol–water partition coefficient (Wildman–Crippen LogP) is 1.24. The highest BCUT2D eigenvalue weighted by molar-refractivity contribution is 5.13. The zero-order chi connectivity index (χ0) is 12.6. The average Bonchev–Trinajstić information content (AvgIpc) is 2.31. The first-order valence-corrected chi connectivity index (χ1v) is 7.15. The monoisotopic (exact) mass is 313 g/mol. The van der Waals surface area contributed by atoms with Crippen molar-refractivity contribution in [2.75, 3.05) is 19.6 Å². The average molecular weight is 314 g/mol. The molecule has 104 valence electrons. The quantitative estimate of drug-likeness (QED) is 0.633. The second kappa shape index (κ2) is 9.57. The lowest BCUT2D eigenvalue weighted by Gasteiger charge is -2.38. The molecule has 1 nitrogen and oxygen atoms in total. The van der Waals surface area contributed by atoms with Crippen molar-refractivity contribution >= 4 is 0 Å². The summed E-state index contributed by atoms with van der Waals surface area (Å²) in [5, 5.41) is 0. The third-order valence-electron chi connectivity index (χ3n) is 3.45. The number of halogens is 1. The van der Waals surface area contributed by atoms with Crippen LogP contribution < -0.4 is 17.0 Å². The highest BCUT2D eigenvalue weighted by atomic mass is 79.9. The van der Waals surface area contributed by atoms with Crippen LogP contribution in [0.1, 0.15) is 45.6 Å². The number of benzene rings is 1. The van der Waals surface area contributed by atoms with Gasteiger partial charge >= 0.3 is 0 Å². The van der Waals surface area contributed by atoms with Crippen molar-refractivity contribution in [3.63, 3.8) is 0 Å². The fraction of sp³-hybridized carbons (Fsp3) is 0.625. The van der Waals surface area contributed by atoms with E-state index >= 15 is 0 Å². The first-order chi connectivity index (χ1) is 8.26. The van der Waals surface area contributed by atoms with E-state index in [1.165, 1.54) is 55.5 Å². The molecule has 0 aliphatic rings.